The second-order valence-electron chi connectivity index (χ2n) is 4.22. The molecule has 1 aliphatic rings. The van der Waals surface area contributed by atoms with Crippen molar-refractivity contribution in [1.82, 2.24) is 5.32 Å². The molecule has 92 valence electrons. The highest BCUT2D eigenvalue weighted by molar-refractivity contribution is 9.10. The lowest BCUT2D eigenvalue weighted by atomic mass is 9.99. The van der Waals surface area contributed by atoms with Gasteiger partial charge < -0.3 is 10.4 Å². The molecular weight excluding hydrogens is 289 g/mol. The van der Waals surface area contributed by atoms with Crippen molar-refractivity contribution in [3.8, 4) is 0 Å². The van der Waals surface area contributed by atoms with Gasteiger partial charge in [-0.1, -0.05) is 28.1 Å². The Labute approximate surface area is 107 Å². The van der Waals surface area contributed by atoms with Crippen LogP contribution in [-0.4, -0.2) is 17.6 Å². The molecule has 2 N–H and O–H groups in total. The second-order valence-corrected chi connectivity index (χ2v) is 5.07. The highest BCUT2D eigenvalue weighted by Gasteiger charge is 2.30. The van der Waals surface area contributed by atoms with E-state index >= 15 is 0 Å². The van der Waals surface area contributed by atoms with Gasteiger partial charge in [-0.05, 0) is 23.6 Å². The largest absolute Gasteiger partial charge is 0.481 e. The Hall–Kier alpha value is -0.940. The van der Waals surface area contributed by atoms with Crippen LogP contribution in [-0.2, 0) is 11.5 Å². The lowest BCUT2D eigenvalue weighted by Crippen LogP contribution is -2.17. The van der Waals surface area contributed by atoms with Gasteiger partial charge in [-0.15, -0.1) is 0 Å². The minimum atomic E-state index is -0.764. The molecule has 17 heavy (non-hydrogen) atoms. The molecule has 1 aliphatic heterocycles. The van der Waals surface area contributed by atoms with Gasteiger partial charge in [-0.2, -0.15) is 0 Å². The summed E-state index contributed by atoms with van der Waals surface area (Å²) in [6.07, 6.45) is 0.580. The van der Waals surface area contributed by atoms with E-state index < -0.39 is 12.6 Å². The number of hydrogen-bond acceptors (Lipinski definition) is 2. The molecule has 2 unspecified atom stereocenters. The molecule has 0 aromatic heterocycles. The molecule has 1 fully saturated rings. The van der Waals surface area contributed by atoms with Gasteiger partial charge >= 0.3 is 5.97 Å². The van der Waals surface area contributed by atoms with Crippen molar-refractivity contribution in [3.05, 3.63) is 33.8 Å². The quantitative estimate of drug-likeness (QED) is 0.902. The molecular formula is C12H13BrFNO2. The third kappa shape index (κ3) is 2.66. The van der Waals surface area contributed by atoms with E-state index in [9.17, 15) is 9.18 Å². The molecule has 1 heterocycles. The number of hydrogen-bond donors (Lipinski definition) is 2. The van der Waals surface area contributed by atoms with E-state index in [-0.39, 0.29) is 12.0 Å². The molecule has 3 nitrogen and oxygen atoms in total. The first-order chi connectivity index (χ1) is 8.11. The maximum Gasteiger partial charge on any atom is 0.307 e. The smallest absolute Gasteiger partial charge is 0.307 e. The summed E-state index contributed by atoms with van der Waals surface area (Å²) in [5.41, 5.74) is 1.61. The van der Waals surface area contributed by atoms with Crippen LogP contribution in [0.4, 0.5) is 4.39 Å². The lowest BCUT2D eigenvalue weighted by Gasteiger charge is -2.12. The van der Waals surface area contributed by atoms with Crippen LogP contribution in [0.15, 0.2) is 22.7 Å². The van der Waals surface area contributed by atoms with Gasteiger partial charge in [0.25, 0.3) is 0 Å². The summed E-state index contributed by atoms with van der Waals surface area (Å²) < 4.78 is 13.3. The van der Waals surface area contributed by atoms with Gasteiger partial charge in [0.15, 0.2) is 0 Å². The molecule has 5 heteroatoms. The standard InChI is InChI=1S/C12H13BrFNO2/c13-10-3-7(1-2-8(10)5-14)11-4-9(6-15-11)12(16)17/h1-3,9,11,15H,4-6H2,(H,16,17). The van der Waals surface area contributed by atoms with Crippen LogP contribution in [0.25, 0.3) is 0 Å². The van der Waals surface area contributed by atoms with E-state index in [1.54, 1.807) is 6.07 Å². The topological polar surface area (TPSA) is 49.3 Å². The number of halogens is 2. The number of carbonyl (C=O) groups is 1. The molecule has 0 spiro atoms. The highest BCUT2D eigenvalue weighted by atomic mass is 79.9. The van der Waals surface area contributed by atoms with Gasteiger partial charge in [0.1, 0.15) is 6.67 Å². The third-order valence-corrected chi connectivity index (χ3v) is 3.84. The molecule has 1 aromatic rings. The van der Waals surface area contributed by atoms with Crippen LogP contribution in [0.5, 0.6) is 0 Å². The molecule has 0 bridgehead atoms. The van der Waals surface area contributed by atoms with Gasteiger partial charge in [-0.25, -0.2) is 4.39 Å². The fourth-order valence-electron chi connectivity index (χ4n) is 2.07. The lowest BCUT2D eigenvalue weighted by molar-refractivity contribution is -0.141. The number of benzene rings is 1. The van der Waals surface area contributed by atoms with Crippen molar-refractivity contribution in [3.63, 3.8) is 0 Å². The predicted molar refractivity (Wildman–Crippen MR) is 65.4 cm³/mol. The van der Waals surface area contributed by atoms with Crippen LogP contribution in [0.3, 0.4) is 0 Å². The Kier molecular flexibility index (Phi) is 3.79. The monoisotopic (exact) mass is 301 g/mol. The molecule has 2 atom stereocenters. The van der Waals surface area contributed by atoms with Crippen LogP contribution in [0.2, 0.25) is 0 Å². The maximum absolute atomic E-state index is 12.5. The highest BCUT2D eigenvalue weighted by Crippen LogP contribution is 2.30. The van der Waals surface area contributed by atoms with E-state index in [4.69, 9.17) is 5.11 Å². The van der Waals surface area contributed by atoms with Crippen molar-refractivity contribution >= 4 is 21.9 Å². The van der Waals surface area contributed by atoms with E-state index in [0.717, 1.165) is 10.0 Å². The average Bonchev–Trinajstić information content (AvgIpc) is 2.78. The van der Waals surface area contributed by atoms with Crippen molar-refractivity contribution < 1.29 is 14.3 Å². The molecule has 0 radical (unpaired) electrons. The van der Waals surface area contributed by atoms with Crippen LogP contribution in [0.1, 0.15) is 23.6 Å². The first-order valence-corrected chi connectivity index (χ1v) is 6.21. The summed E-state index contributed by atoms with van der Waals surface area (Å²) in [5, 5.41) is 12.1. The average molecular weight is 302 g/mol. The van der Waals surface area contributed by atoms with Crippen LogP contribution >= 0.6 is 15.9 Å². The first-order valence-electron chi connectivity index (χ1n) is 5.42. The summed E-state index contributed by atoms with van der Waals surface area (Å²) in [4.78, 5) is 10.8. The minimum absolute atomic E-state index is 0.0426. The van der Waals surface area contributed by atoms with Gasteiger partial charge in [0.05, 0.1) is 5.92 Å². The zero-order valence-corrected chi connectivity index (χ0v) is 10.7. The molecule has 0 amide bonds. The van der Waals surface area contributed by atoms with Crippen molar-refractivity contribution in [1.29, 1.82) is 0 Å². The molecule has 2 rings (SSSR count). The Morgan fingerprint density at radius 1 is 1.59 bits per heavy atom. The van der Waals surface area contributed by atoms with E-state index in [2.05, 4.69) is 21.2 Å². The number of carboxylic acid groups (broad SMARTS) is 1. The van der Waals surface area contributed by atoms with Gasteiger partial charge in [-0.3, -0.25) is 4.79 Å². The van der Waals surface area contributed by atoms with Crippen molar-refractivity contribution in [2.45, 2.75) is 19.1 Å². The number of rotatable bonds is 3. The minimum Gasteiger partial charge on any atom is -0.481 e. The summed E-state index contributed by atoms with van der Waals surface area (Å²) in [7, 11) is 0. The van der Waals surface area contributed by atoms with Crippen molar-refractivity contribution in [2.24, 2.45) is 5.92 Å². The normalized spacial score (nSPS) is 23.9. The predicted octanol–water partition coefficient (Wildman–Crippen LogP) is 2.65. The van der Waals surface area contributed by atoms with Crippen molar-refractivity contribution in [2.75, 3.05) is 6.54 Å². The Morgan fingerprint density at radius 3 is 2.88 bits per heavy atom. The number of alkyl halides is 1. The summed E-state index contributed by atoms with van der Waals surface area (Å²) in [5.74, 6) is -1.10. The van der Waals surface area contributed by atoms with Crippen LogP contribution < -0.4 is 5.32 Å². The molecule has 0 saturated carbocycles. The fourth-order valence-corrected chi connectivity index (χ4v) is 2.57. The summed E-state index contributed by atoms with van der Waals surface area (Å²) >= 11 is 3.31. The molecule has 1 aromatic carbocycles. The van der Waals surface area contributed by atoms with E-state index in [0.29, 0.717) is 18.5 Å². The Bertz CT molecular complexity index is 439. The molecule has 1 saturated heterocycles. The number of nitrogens with one attached hydrogen (secondary N) is 1. The number of carboxylic acids is 1. The Balaban J connectivity index is 2.14. The Morgan fingerprint density at radius 2 is 2.35 bits per heavy atom. The zero-order chi connectivity index (χ0) is 12.4. The van der Waals surface area contributed by atoms with Gasteiger partial charge in [0.2, 0.25) is 0 Å². The van der Waals surface area contributed by atoms with E-state index in [1.807, 2.05) is 12.1 Å². The SMILES string of the molecule is O=C(O)C1CNC(c2ccc(CF)c(Br)c2)C1. The molecule has 0 aliphatic carbocycles. The number of aliphatic carboxylic acids is 1. The van der Waals surface area contributed by atoms with E-state index in [1.165, 1.54) is 0 Å². The summed E-state index contributed by atoms with van der Waals surface area (Å²) in [6, 6.07) is 5.48. The zero-order valence-electron chi connectivity index (χ0n) is 9.12. The first kappa shape index (κ1) is 12.5. The summed E-state index contributed by atoms with van der Waals surface area (Å²) in [6.45, 7) is -0.0147. The van der Waals surface area contributed by atoms with Crippen LogP contribution in [0, 0.1) is 5.92 Å². The maximum atomic E-state index is 12.5. The second kappa shape index (κ2) is 5.14. The fraction of sp³-hybridized carbons (Fsp3) is 0.417. The van der Waals surface area contributed by atoms with Gasteiger partial charge in [0, 0.05) is 17.1 Å². The third-order valence-electron chi connectivity index (χ3n) is 3.10.